The second-order valence-electron chi connectivity index (χ2n) is 6.35. The SMILES string of the molecule is CCNc1nc(NCC)n2c(SCC(=O)NCCSc3ccc(C)cc3)nnc2n1. The number of benzene rings is 1. The lowest BCUT2D eigenvalue weighted by Crippen LogP contribution is -2.27. The van der Waals surface area contributed by atoms with Crippen molar-refractivity contribution in [3.05, 3.63) is 29.8 Å². The van der Waals surface area contributed by atoms with Gasteiger partial charge in [0.15, 0.2) is 5.16 Å². The van der Waals surface area contributed by atoms with Crippen LogP contribution in [0.15, 0.2) is 34.3 Å². The fourth-order valence-corrected chi connectivity index (χ4v) is 4.10. The zero-order chi connectivity index (χ0) is 21.3. The highest BCUT2D eigenvalue weighted by Crippen LogP contribution is 2.21. The Morgan fingerprint density at radius 1 is 1.03 bits per heavy atom. The summed E-state index contributed by atoms with van der Waals surface area (Å²) in [5.41, 5.74) is 1.24. The standard InChI is InChI=1S/C19H26N8OS2/c1-4-20-16-23-17(21-5-2)27-18(24-16)25-26-19(27)30-12-15(28)22-10-11-29-14-8-6-13(3)7-9-14/h6-9H,4-5,10-12H2,1-3H3,(H,22,28)(H2,20,21,23,24,25). The summed E-state index contributed by atoms with van der Waals surface area (Å²) in [6.07, 6.45) is 0. The number of rotatable bonds is 11. The summed E-state index contributed by atoms with van der Waals surface area (Å²) < 4.78 is 1.73. The summed E-state index contributed by atoms with van der Waals surface area (Å²) in [7, 11) is 0. The van der Waals surface area contributed by atoms with Gasteiger partial charge in [0.1, 0.15) is 0 Å². The Morgan fingerprint density at radius 3 is 2.53 bits per heavy atom. The van der Waals surface area contributed by atoms with Gasteiger partial charge in [-0.1, -0.05) is 29.5 Å². The lowest BCUT2D eigenvalue weighted by molar-refractivity contribution is -0.118. The lowest BCUT2D eigenvalue weighted by Gasteiger charge is -2.09. The Hall–Kier alpha value is -2.53. The monoisotopic (exact) mass is 446 g/mol. The number of aromatic nitrogens is 5. The van der Waals surface area contributed by atoms with Crippen LogP contribution in [-0.4, -0.2) is 61.6 Å². The number of hydrogen-bond acceptors (Lipinski definition) is 9. The molecule has 3 rings (SSSR count). The predicted octanol–water partition coefficient (Wildman–Crippen LogP) is 2.69. The van der Waals surface area contributed by atoms with Gasteiger partial charge in [-0.2, -0.15) is 9.97 Å². The van der Waals surface area contributed by atoms with Gasteiger partial charge >= 0.3 is 0 Å². The molecule has 0 unspecified atom stereocenters. The third-order valence-corrected chi connectivity index (χ3v) is 5.90. The van der Waals surface area contributed by atoms with Crippen LogP contribution < -0.4 is 16.0 Å². The average Bonchev–Trinajstić information content (AvgIpc) is 3.15. The Balaban J connectivity index is 1.53. The Bertz CT molecular complexity index is 977. The summed E-state index contributed by atoms with van der Waals surface area (Å²) >= 11 is 3.03. The molecule has 0 aliphatic carbocycles. The van der Waals surface area contributed by atoms with Crippen molar-refractivity contribution in [2.24, 2.45) is 0 Å². The molecule has 3 N–H and O–H groups in total. The zero-order valence-electron chi connectivity index (χ0n) is 17.3. The molecule has 0 radical (unpaired) electrons. The molecule has 1 aromatic carbocycles. The Labute approximate surface area is 184 Å². The molecule has 3 aromatic rings. The summed E-state index contributed by atoms with van der Waals surface area (Å²) in [5.74, 6) is 2.55. The number of carbonyl (C=O) groups is 1. The maximum absolute atomic E-state index is 12.2. The van der Waals surface area contributed by atoms with Gasteiger partial charge in [-0.15, -0.1) is 22.0 Å². The summed E-state index contributed by atoms with van der Waals surface area (Å²) in [6.45, 7) is 8.04. The van der Waals surface area contributed by atoms with Gasteiger partial charge in [-0.25, -0.2) is 4.40 Å². The largest absolute Gasteiger partial charge is 0.355 e. The molecule has 0 saturated carbocycles. The number of nitrogens with zero attached hydrogens (tertiary/aromatic N) is 5. The molecule has 9 nitrogen and oxygen atoms in total. The van der Waals surface area contributed by atoms with Crippen LogP contribution in [0.3, 0.4) is 0 Å². The van der Waals surface area contributed by atoms with Crippen LogP contribution in [0.2, 0.25) is 0 Å². The quantitative estimate of drug-likeness (QED) is 0.302. The third kappa shape index (κ3) is 5.99. The van der Waals surface area contributed by atoms with Crippen molar-refractivity contribution >= 4 is 47.1 Å². The molecule has 0 bridgehead atoms. The van der Waals surface area contributed by atoms with Crippen LogP contribution in [0.1, 0.15) is 19.4 Å². The van der Waals surface area contributed by atoms with E-state index in [1.165, 1.54) is 22.2 Å². The van der Waals surface area contributed by atoms with Crippen molar-refractivity contribution in [2.45, 2.75) is 30.8 Å². The lowest BCUT2D eigenvalue weighted by atomic mass is 10.2. The number of anilines is 2. The molecule has 1 amide bonds. The molecule has 2 heterocycles. The van der Waals surface area contributed by atoms with Crippen molar-refractivity contribution in [1.82, 2.24) is 29.9 Å². The molecule has 0 fully saturated rings. The molecule has 2 aromatic heterocycles. The number of thioether (sulfide) groups is 2. The molecule has 30 heavy (non-hydrogen) atoms. The molecule has 0 atom stereocenters. The highest BCUT2D eigenvalue weighted by Gasteiger charge is 2.15. The van der Waals surface area contributed by atoms with E-state index in [0.717, 1.165) is 5.75 Å². The second kappa shape index (κ2) is 11.0. The fraction of sp³-hybridized carbons (Fsp3) is 0.421. The molecule has 0 aliphatic rings. The van der Waals surface area contributed by atoms with Crippen molar-refractivity contribution < 1.29 is 4.79 Å². The van der Waals surface area contributed by atoms with E-state index >= 15 is 0 Å². The summed E-state index contributed by atoms with van der Waals surface area (Å²) in [4.78, 5) is 22.3. The van der Waals surface area contributed by atoms with Crippen LogP contribution in [0.5, 0.6) is 0 Å². The van der Waals surface area contributed by atoms with E-state index in [2.05, 4.69) is 67.3 Å². The topological polar surface area (TPSA) is 109 Å². The fourth-order valence-electron chi connectivity index (χ4n) is 2.57. The van der Waals surface area contributed by atoms with E-state index in [1.807, 2.05) is 13.8 Å². The highest BCUT2D eigenvalue weighted by atomic mass is 32.2. The van der Waals surface area contributed by atoms with Crippen LogP contribution in [0, 0.1) is 6.92 Å². The average molecular weight is 447 g/mol. The van der Waals surface area contributed by atoms with E-state index < -0.39 is 0 Å². The van der Waals surface area contributed by atoms with Gasteiger partial charge in [0.05, 0.1) is 5.75 Å². The van der Waals surface area contributed by atoms with Crippen LogP contribution in [0.4, 0.5) is 11.9 Å². The smallest absolute Gasteiger partial charge is 0.261 e. The number of carbonyl (C=O) groups excluding carboxylic acids is 1. The second-order valence-corrected chi connectivity index (χ2v) is 8.46. The zero-order valence-corrected chi connectivity index (χ0v) is 18.9. The van der Waals surface area contributed by atoms with E-state index in [1.54, 1.807) is 16.2 Å². The maximum Gasteiger partial charge on any atom is 0.261 e. The first kappa shape index (κ1) is 22.2. The minimum Gasteiger partial charge on any atom is -0.355 e. The van der Waals surface area contributed by atoms with Gasteiger partial charge in [-0.05, 0) is 32.9 Å². The van der Waals surface area contributed by atoms with Crippen molar-refractivity contribution in [1.29, 1.82) is 0 Å². The molecule has 0 saturated heterocycles. The van der Waals surface area contributed by atoms with E-state index in [0.29, 0.717) is 42.5 Å². The van der Waals surface area contributed by atoms with Gasteiger partial charge in [0, 0.05) is 30.3 Å². The van der Waals surface area contributed by atoms with Gasteiger partial charge in [-0.3, -0.25) is 4.79 Å². The highest BCUT2D eigenvalue weighted by molar-refractivity contribution is 7.99. The van der Waals surface area contributed by atoms with Gasteiger partial charge in [0.2, 0.25) is 17.8 Å². The number of amides is 1. The molecule has 0 aliphatic heterocycles. The number of nitrogens with one attached hydrogen (secondary N) is 3. The summed E-state index contributed by atoms with van der Waals surface area (Å²) in [5, 5.41) is 18.1. The van der Waals surface area contributed by atoms with E-state index in [4.69, 9.17) is 0 Å². The third-order valence-electron chi connectivity index (χ3n) is 3.96. The number of fused-ring (bicyclic) bond motifs is 1. The molecule has 0 spiro atoms. The normalized spacial score (nSPS) is 10.9. The number of aryl methyl sites for hydroxylation is 1. The van der Waals surface area contributed by atoms with Crippen molar-refractivity contribution in [3.63, 3.8) is 0 Å². The Kier molecular flexibility index (Phi) is 8.14. The first-order valence-corrected chi connectivity index (χ1v) is 11.8. The molecule has 11 heteroatoms. The number of hydrogen-bond donors (Lipinski definition) is 3. The minimum absolute atomic E-state index is 0.0450. The maximum atomic E-state index is 12.2. The Morgan fingerprint density at radius 2 is 1.80 bits per heavy atom. The van der Waals surface area contributed by atoms with Crippen molar-refractivity contribution in [2.75, 3.05) is 41.8 Å². The van der Waals surface area contributed by atoms with E-state index in [9.17, 15) is 4.79 Å². The molecular formula is C19H26N8OS2. The van der Waals surface area contributed by atoms with Gasteiger partial charge < -0.3 is 16.0 Å². The van der Waals surface area contributed by atoms with E-state index in [-0.39, 0.29) is 11.7 Å². The van der Waals surface area contributed by atoms with Crippen LogP contribution >= 0.6 is 23.5 Å². The predicted molar refractivity (Wildman–Crippen MR) is 123 cm³/mol. The molecule has 160 valence electrons. The minimum atomic E-state index is -0.0450. The first-order valence-electron chi connectivity index (χ1n) is 9.80. The van der Waals surface area contributed by atoms with Crippen LogP contribution in [0.25, 0.3) is 5.78 Å². The molecular weight excluding hydrogens is 420 g/mol. The van der Waals surface area contributed by atoms with Crippen LogP contribution in [-0.2, 0) is 4.79 Å². The van der Waals surface area contributed by atoms with Gasteiger partial charge in [0.25, 0.3) is 5.78 Å². The summed E-state index contributed by atoms with van der Waals surface area (Å²) in [6, 6.07) is 8.37. The van der Waals surface area contributed by atoms with Crippen molar-refractivity contribution in [3.8, 4) is 0 Å². The first-order chi connectivity index (χ1) is 14.6.